The van der Waals surface area contributed by atoms with Gasteiger partial charge in [-0.25, -0.2) is 4.98 Å². The summed E-state index contributed by atoms with van der Waals surface area (Å²) in [6.45, 7) is 10.0. The van der Waals surface area contributed by atoms with Crippen LogP contribution in [0.3, 0.4) is 0 Å². The minimum Gasteiger partial charge on any atom is -0.491 e. The van der Waals surface area contributed by atoms with E-state index in [4.69, 9.17) is 9.72 Å². The molecule has 2 aromatic carbocycles. The number of benzene rings is 2. The van der Waals surface area contributed by atoms with Crippen molar-refractivity contribution in [2.75, 3.05) is 6.61 Å². The molecule has 3 nitrogen and oxygen atoms in total. The van der Waals surface area contributed by atoms with Crippen LogP contribution in [0.1, 0.15) is 36.7 Å². The van der Waals surface area contributed by atoms with Gasteiger partial charge in [-0.2, -0.15) is 0 Å². The second kappa shape index (κ2) is 6.45. The fourth-order valence-electron chi connectivity index (χ4n) is 2.90. The van der Waals surface area contributed by atoms with Crippen molar-refractivity contribution in [1.82, 2.24) is 9.55 Å². The lowest BCUT2D eigenvalue weighted by Crippen LogP contribution is -2.12. The third kappa shape index (κ3) is 3.09. The van der Waals surface area contributed by atoms with E-state index >= 15 is 0 Å². The SMILES string of the molecule is Cc1cccc(OCCn2c(C(C)C)nc3ccccc32)c1C. The zero-order valence-electron chi connectivity index (χ0n) is 14.3. The van der Waals surface area contributed by atoms with Crippen molar-refractivity contribution in [3.8, 4) is 5.75 Å². The van der Waals surface area contributed by atoms with Gasteiger partial charge in [-0.1, -0.05) is 38.1 Å². The van der Waals surface area contributed by atoms with Gasteiger partial charge in [0.25, 0.3) is 0 Å². The number of nitrogens with zero attached hydrogens (tertiary/aromatic N) is 2. The van der Waals surface area contributed by atoms with Gasteiger partial charge < -0.3 is 9.30 Å². The summed E-state index contributed by atoms with van der Waals surface area (Å²) in [6, 6.07) is 14.5. The van der Waals surface area contributed by atoms with Crippen molar-refractivity contribution in [2.45, 2.75) is 40.2 Å². The molecule has 0 atom stereocenters. The van der Waals surface area contributed by atoms with E-state index < -0.39 is 0 Å². The van der Waals surface area contributed by atoms with Crippen LogP contribution < -0.4 is 4.74 Å². The number of hydrogen-bond acceptors (Lipinski definition) is 2. The molecule has 0 amide bonds. The third-order valence-electron chi connectivity index (χ3n) is 4.33. The second-order valence-electron chi connectivity index (χ2n) is 6.31. The normalized spacial score (nSPS) is 11.3. The van der Waals surface area contributed by atoms with Crippen LogP contribution in [0.25, 0.3) is 11.0 Å². The first-order chi connectivity index (χ1) is 11.1. The maximum absolute atomic E-state index is 6.03. The Hall–Kier alpha value is -2.29. The maximum Gasteiger partial charge on any atom is 0.122 e. The summed E-state index contributed by atoms with van der Waals surface area (Å²) in [5, 5.41) is 0. The number of aryl methyl sites for hydroxylation is 1. The molecule has 0 aliphatic rings. The largest absolute Gasteiger partial charge is 0.491 e. The highest BCUT2D eigenvalue weighted by Crippen LogP contribution is 2.23. The average Bonchev–Trinajstić information content (AvgIpc) is 2.91. The Labute approximate surface area is 137 Å². The molecule has 0 saturated heterocycles. The predicted octanol–water partition coefficient (Wildman–Crippen LogP) is 4.86. The number of imidazole rings is 1. The van der Waals surface area contributed by atoms with Crippen LogP contribution in [-0.2, 0) is 6.54 Å². The predicted molar refractivity (Wildman–Crippen MR) is 95.2 cm³/mol. The van der Waals surface area contributed by atoms with Crippen LogP contribution in [-0.4, -0.2) is 16.2 Å². The van der Waals surface area contributed by atoms with Crippen LogP contribution in [0.15, 0.2) is 42.5 Å². The quantitative estimate of drug-likeness (QED) is 0.673. The molecule has 3 heteroatoms. The number of ether oxygens (including phenoxy) is 1. The van der Waals surface area contributed by atoms with Gasteiger partial charge in [-0.15, -0.1) is 0 Å². The zero-order valence-corrected chi connectivity index (χ0v) is 14.3. The van der Waals surface area contributed by atoms with Gasteiger partial charge in [0.05, 0.1) is 17.6 Å². The highest BCUT2D eigenvalue weighted by molar-refractivity contribution is 5.76. The number of rotatable bonds is 5. The Morgan fingerprint density at radius 2 is 1.83 bits per heavy atom. The first-order valence-corrected chi connectivity index (χ1v) is 8.22. The Bertz CT molecular complexity index is 818. The molecule has 0 radical (unpaired) electrons. The molecule has 0 spiro atoms. The van der Waals surface area contributed by atoms with Crippen molar-refractivity contribution in [1.29, 1.82) is 0 Å². The van der Waals surface area contributed by atoms with Crippen LogP contribution in [0.4, 0.5) is 0 Å². The molecular weight excluding hydrogens is 284 g/mol. The molecule has 0 aliphatic heterocycles. The summed E-state index contributed by atoms with van der Waals surface area (Å²) in [4.78, 5) is 4.78. The fraction of sp³-hybridized carbons (Fsp3) is 0.350. The highest BCUT2D eigenvalue weighted by atomic mass is 16.5. The van der Waals surface area contributed by atoms with Gasteiger partial charge >= 0.3 is 0 Å². The van der Waals surface area contributed by atoms with Crippen LogP contribution in [0, 0.1) is 13.8 Å². The van der Waals surface area contributed by atoms with Crippen molar-refractivity contribution in [3.05, 3.63) is 59.4 Å². The van der Waals surface area contributed by atoms with Gasteiger partial charge in [-0.3, -0.25) is 0 Å². The summed E-state index contributed by atoms with van der Waals surface area (Å²) in [6.07, 6.45) is 0. The molecule has 0 fully saturated rings. The minimum atomic E-state index is 0.392. The Morgan fingerprint density at radius 3 is 2.61 bits per heavy atom. The summed E-state index contributed by atoms with van der Waals surface area (Å²) in [5.41, 5.74) is 4.72. The lowest BCUT2D eigenvalue weighted by molar-refractivity contribution is 0.295. The minimum absolute atomic E-state index is 0.392. The number of fused-ring (bicyclic) bond motifs is 1. The van der Waals surface area contributed by atoms with E-state index in [1.165, 1.54) is 16.6 Å². The number of aromatic nitrogens is 2. The molecule has 0 bridgehead atoms. The van der Waals surface area contributed by atoms with Gasteiger partial charge in [0.2, 0.25) is 0 Å². The maximum atomic E-state index is 6.03. The molecule has 120 valence electrons. The van der Waals surface area contributed by atoms with E-state index in [-0.39, 0.29) is 0 Å². The molecule has 3 rings (SSSR count). The van der Waals surface area contributed by atoms with E-state index in [1.807, 2.05) is 18.2 Å². The molecule has 0 aliphatic carbocycles. The summed E-state index contributed by atoms with van der Waals surface area (Å²) in [7, 11) is 0. The van der Waals surface area contributed by atoms with Crippen LogP contribution in [0.5, 0.6) is 5.75 Å². The van der Waals surface area contributed by atoms with Crippen molar-refractivity contribution in [2.24, 2.45) is 0 Å². The zero-order chi connectivity index (χ0) is 16.4. The van der Waals surface area contributed by atoms with Gasteiger partial charge in [-0.05, 0) is 43.2 Å². The first kappa shape index (κ1) is 15.6. The monoisotopic (exact) mass is 308 g/mol. The van der Waals surface area contributed by atoms with E-state index in [9.17, 15) is 0 Å². The fourth-order valence-corrected chi connectivity index (χ4v) is 2.90. The van der Waals surface area contributed by atoms with Crippen molar-refractivity contribution < 1.29 is 4.74 Å². The van der Waals surface area contributed by atoms with Crippen molar-refractivity contribution >= 4 is 11.0 Å². The van der Waals surface area contributed by atoms with E-state index in [0.717, 1.165) is 23.6 Å². The molecule has 0 saturated carbocycles. The van der Waals surface area contributed by atoms with E-state index in [2.05, 4.69) is 56.5 Å². The van der Waals surface area contributed by atoms with Crippen LogP contribution >= 0.6 is 0 Å². The Morgan fingerprint density at radius 1 is 1.04 bits per heavy atom. The molecule has 0 N–H and O–H groups in total. The smallest absolute Gasteiger partial charge is 0.122 e. The topological polar surface area (TPSA) is 27.1 Å². The van der Waals surface area contributed by atoms with Gasteiger partial charge in [0.15, 0.2) is 0 Å². The highest BCUT2D eigenvalue weighted by Gasteiger charge is 2.13. The summed E-state index contributed by atoms with van der Waals surface area (Å²) in [5.74, 6) is 2.49. The number of hydrogen-bond donors (Lipinski definition) is 0. The van der Waals surface area contributed by atoms with Gasteiger partial charge in [0.1, 0.15) is 18.2 Å². The molecule has 1 aromatic heterocycles. The number of para-hydroxylation sites is 2. The summed E-state index contributed by atoms with van der Waals surface area (Å²) < 4.78 is 8.31. The summed E-state index contributed by atoms with van der Waals surface area (Å²) >= 11 is 0. The standard InChI is InChI=1S/C20H24N2O/c1-14(2)20-21-17-9-5-6-10-18(17)22(20)12-13-23-19-11-7-8-15(3)16(19)4/h5-11,14H,12-13H2,1-4H3. The van der Waals surface area contributed by atoms with Crippen molar-refractivity contribution in [3.63, 3.8) is 0 Å². The molecule has 23 heavy (non-hydrogen) atoms. The van der Waals surface area contributed by atoms with E-state index in [0.29, 0.717) is 12.5 Å². The first-order valence-electron chi connectivity index (χ1n) is 8.22. The Balaban J connectivity index is 1.81. The lowest BCUT2D eigenvalue weighted by atomic mass is 10.1. The molecular formula is C20H24N2O. The second-order valence-corrected chi connectivity index (χ2v) is 6.31. The molecule has 3 aromatic rings. The lowest BCUT2D eigenvalue weighted by Gasteiger charge is -2.14. The molecule has 0 unspecified atom stereocenters. The van der Waals surface area contributed by atoms with Gasteiger partial charge in [0, 0.05) is 5.92 Å². The average molecular weight is 308 g/mol. The van der Waals surface area contributed by atoms with E-state index in [1.54, 1.807) is 0 Å². The Kier molecular flexibility index (Phi) is 4.37. The molecule has 1 heterocycles. The van der Waals surface area contributed by atoms with Crippen LogP contribution in [0.2, 0.25) is 0 Å². The third-order valence-corrected chi connectivity index (χ3v) is 4.33.